The van der Waals surface area contributed by atoms with Crippen molar-refractivity contribution in [1.29, 1.82) is 0 Å². The lowest BCUT2D eigenvalue weighted by Gasteiger charge is -2.34. The van der Waals surface area contributed by atoms with Crippen LogP contribution in [0.5, 0.6) is 69.0 Å². The molecule has 118 heavy (non-hydrogen) atoms. The van der Waals surface area contributed by atoms with Gasteiger partial charge >= 0.3 is 0 Å². The number of hydrogen-bond acceptors (Lipinski definition) is 20. The van der Waals surface area contributed by atoms with E-state index in [0.29, 0.717) is 0 Å². The van der Waals surface area contributed by atoms with Crippen molar-refractivity contribution in [2.75, 3.05) is 36.2 Å². The molecule has 0 spiro atoms. The molecule has 11 aromatic carbocycles. The van der Waals surface area contributed by atoms with Gasteiger partial charge < -0.3 is 37.9 Å². The lowest BCUT2D eigenvalue weighted by Crippen LogP contribution is -2.41. The molecule has 4 fully saturated rings. The van der Waals surface area contributed by atoms with E-state index in [1.54, 1.807) is 36.4 Å². The highest BCUT2D eigenvalue weighted by atomic mass is 32.2. The maximum absolute atomic E-state index is 16.9. The van der Waals surface area contributed by atoms with E-state index in [9.17, 15) is 51.9 Å². The Labute approximate surface area is 680 Å². The van der Waals surface area contributed by atoms with E-state index in [1.165, 1.54) is 72.8 Å². The quantitative estimate of drug-likeness (QED) is 0.0169. The van der Waals surface area contributed by atoms with Crippen LogP contribution in [0.15, 0.2) is 177 Å². The van der Waals surface area contributed by atoms with Gasteiger partial charge in [-0.2, -0.15) is 33.7 Å². The summed E-state index contributed by atoms with van der Waals surface area (Å²) in [6, 6.07) is 33.6. The van der Waals surface area contributed by atoms with Crippen LogP contribution in [-0.4, -0.2) is 102 Å². The van der Waals surface area contributed by atoms with Crippen LogP contribution in [0, 0.1) is 23.7 Å². The Morgan fingerprint density at radius 2 is 0.466 bits per heavy atom. The maximum Gasteiger partial charge on any atom is 0.294 e. The molecule has 0 saturated heterocycles. The van der Waals surface area contributed by atoms with Gasteiger partial charge in [0.05, 0.1) is 68.3 Å². The molecule has 0 atom stereocenters. The molecule has 30 heteroatoms. The largest absolute Gasteiger partial charge is 0.491 e. The van der Waals surface area contributed by atoms with Gasteiger partial charge in [0.25, 0.3) is 64.1 Å². The number of anilines is 2. The predicted molar refractivity (Wildman–Crippen MR) is 436 cm³/mol. The first-order chi connectivity index (χ1) is 56.7. The molecule has 0 unspecified atom stereocenters. The van der Waals surface area contributed by atoms with Crippen molar-refractivity contribution in [3.8, 4) is 69.0 Å². The van der Waals surface area contributed by atoms with Crippen molar-refractivity contribution in [2.45, 2.75) is 148 Å². The molecule has 2 aliphatic heterocycles. The van der Waals surface area contributed by atoms with Crippen LogP contribution in [0.4, 0.5) is 11.4 Å². The van der Waals surface area contributed by atoms with Gasteiger partial charge in [0.15, 0.2) is 0 Å². The van der Waals surface area contributed by atoms with E-state index in [4.69, 9.17) is 37.9 Å². The number of nitrogens with zero attached hydrogens (tertiary/aromatic N) is 2. The first-order valence-electron chi connectivity index (χ1n) is 39.6. The molecule has 17 rings (SSSR count). The van der Waals surface area contributed by atoms with Crippen molar-refractivity contribution in [3.63, 3.8) is 0 Å². The fourth-order valence-corrected chi connectivity index (χ4v) is 19.5. The standard InChI is InChI=1S/C88H82N2O24S4/c91-85-63-43-71(111-55-27-35-59(36-28-55)115(95,96)97)77-79-73(113-57-31-39-61(40-32-57)117(101,102)103)45-65-76-66(88(94)90(87(65)93)84-69(109-49-53-19-9-3-10-20-53)25-14-26-70(84)110-50-54-21-11-4-12-22-54)46-74(114-58-33-41-62(42-34-58)118(104,105)106)80(82(76)79)78-72(112-56-29-37-60(38-30-56)116(98,99)100)44-64(75(63)81(77)78)86(92)89(85)83-67(107-47-51-15-5-1-6-16-51)23-13-24-68(83)108-48-52-17-7-2-8-18-52/h13-14,23-46,51-54H,1-12,15-22,47-50H2,(H,95,96,97)(H,98,99,100)(H,101,102,103)(H,104,105,106). The number of imide groups is 2. The fraction of sp³-hybridized carbons (Fsp3) is 0.318. The average molecular weight is 1680 g/mol. The Bertz CT molecular complexity index is 5570. The topological polar surface area (TPSA) is 366 Å². The SMILES string of the molecule is O=C1c2cc(Oc3ccc(S(=O)(=O)O)cc3)c3c4c(Oc5ccc(S(=O)(=O)O)cc5)cc5c6c(cc(Oc7ccc(S(=O)(=O)O)cc7)c(c7c(Oc8ccc(S(=O)(=O)O)cc8)cc(c2c37)C(=O)N1c1c(OCC2CCCCC2)cccc1OCC1CCCCC1)c64)C(=O)N(c1c(OCC2CCCCC2)cccc1OCC1CCCCC1)C5=O. The Balaban J connectivity index is 0.996. The maximum atomic E-state index is 16.9. The zero-order valence-electron chi connectivity index (χ0n) is 63.8. The van der Waals surface area contributed by atoms with Crippen LogP contribution in [0.3, 0.4) is 0 Å². The number of fused-ring (bicyclic) bond motifs is 2. The highest BCUT2D eigenvalue weighted by Crippen LogP contribution is 2.60. The average Bonchev–Trinajstić information content (AvgIpc) is 0.669. The van der Waals surface area contributed by atoms with E-state index >= 15 is 19.2 Å². The van der Waals surface area contributed by atoms with Gasteiger partial charge in [-0.3, -0.25) is 37.4 Å². The van der Waals surface area contributed by atoms with Gasteiger partial charge in [0.2, 0.25) is 0 Å². The van der Waals surface area contributed by atoms with Crippen LogP contribution in [0.1, 0.15) is 170 Å². The van der Waals surface area contributed by atoms with Crippen LogP contribution in [0.25, 0.3) is 43.1 Å². The van der Waals surface area contributed by atoms with Gasteiger partial charge in [-0.1, -0.05) is 89.2 Å². The molecular formula is C88H82N2O24S4. The van der Waals surface area contributed by atoms with Crippen LogP contribution >= 0.6 is 0 Å². The number of amides is 4. The summed E-state index contributed by atoms with van der Waals surface area (Å²) >= 11 is 0. The molecular weight excluding hydrogens is 1600 g/mol. The van der Waals surface area contributed by atoms with Gasteiger partial charge in [0.1, 0.15) is 80.4 Å². The fourth-order valence-electron chi connectivity index (χ4n) is 17.6. The normalized spacial score (nSPS) is 16.9. The first-order valence-corrected chi connectivity index (χ1v) is 45.4. The summed E-state index contributed by atoms with van der Waals surface area (Å²) in [5.41, 5.74) is -1.05. The van der Waals surface area contributed by atoms with Crippen LogP contribution < -0.4 is 47.7 Å². The van der Waals surface area contributed by atoms with Gasteiger partial charge in [-0.25, -0.2) is 9.80 Å². The highest BCUT2D eigenvalue weighted by Gasteiger charge is 2.45. The monoisotopic (exact) mass is 1680 g/mol. The van der Waals surface area contributed by atoms with Crippen LogP contribution in [0.2, 0.25) is 0 Å². The van der Waals surface area contributed by atoms with Crippen molar-refractivity contribution in [3.05, 3.63) is 180 Å². The molecule has 4 saturated carbocycles. The summed E-state index contributed by atoms with van der Waals surface area (Å²) in [5, 5.41) is -0.784. The van der Waals surface area contributed by atoms with Crippen molar-refractivity contribution < 1.29 is 109 Å². The second-order valence-corrected chi connectivity index (χ2v) is 36.9. The zero-order chi connectivity index (χ0) is 82.1. The Kier molecular flexibility index (Phi) is 21.6. The van der Waals surface area contributed by atoms with E-state index in [-0.39, 0.29) is 196 Å². The van der Waals surface area contributed by atoms with Crippen molar-refractivity contribution in [2.24, 2.45) is 23.7 Å². The van der Waals surface area contributed by atoms with Gasteiger partial charge in [-0.15, -0.1) is 0 Å². The summed E-state index contributed by atoms with van der Waals surface area (Å²) in [7, 11) is -19.4. The summed E-state index contributed by atoms with van der Waals surface area (Å²) in [5.74, 6) is -4.60. The second-order valence-electron chi connectivity index (χ2n) is 31.2. The van der Waals surface area contributed by atoms with E-state index < -0.39 is 83.7 Å². The molecule has 4 aliphatic carbocycles. The minimum Gasteiger partial charge on any atom is -0.491 e. The molecule has 6 aliphatic rings. The number of ether oxygens (including phenoxy) is 8. The molecule has 26 nitrogen and oxygen atoms in total. The predicted octanol–water partition coefficient (Wildman–Crippen LogP) is 19.3. The van der Waals surface area contributed by atoms with Gasteiger partial charge in [0, 0.05) is 43.1 Å². The number of para-hydroxylation sites is 2. The third-order valence-corrected chi connectivity index (χ3v) is 26.9. The van der Waals surface area contributed by atoms with E-state index in [1.807, 2.05) is 0 Å². The third-order valence-electron chi connectivity index (χ3n) is 23.5. The Hall–Kier alpha value is -11.0. The molecule has 0 aromatic heterocycles. The summed E-state index contributed by atoms with van der Waals surface area (Å²) in [4.78, 5) is 67.2. The summed E-state index contributed by atoms with van der Waals surface area (Å²) in [6.07, 6.45) is 18.9. The smallest absolute Gasteiger partial charge is 0.294 e. The number of carbonyl (C=O) groups is 4. The van der Waals surface area contributed by atoms with Gasteiger partial charge in [-0.05, 0) is 221 Å². The first kappa shape index (κ1) is 79.5. The molecule has 612 valence electrons. The highest BCUT2D eigenvalue weighted by molar-refractivity contribution is 7.86. The zero-order valence-corrected chi connectivity index (χ0v) is 67.0. The second kappa shape index (κ2) is 32.1. The van der Waals surface area contributed by atoms with E-state index in [0.717, 1.165) is 187 Å². The minimum atomic E-state index is -4.85. The van der Waals surface area contributed by atoms with Crippen LogP contribution in [-0.2, 0) is 40.5 Å². The summed E-state index contributed by atoms with van der Waals surface area (Å²) in [6.45, 7) is 0.844. The van der Waals surface area contributed by atoms with Crippen molar-refractivity contribution >= 4 is 119 Å². The number of carbonyl (C=O) groups excluding carboxylic acids is 4. The Morgan fingerprint density at radius 1 is 0.263 bits per heavy atom. The molecule has 0 bridgehead atoms. The number of rotatable bonds is 26. The summed E-state index contributed by atoms with van der Waals surface area (Å²) < 4.78 is 199. The third kappa shape index (κ3) is 15.7. The molecule has 4 N–H and O–H groups in total. The molecule has 11 aromatic rings. The molecule has 4 amide bonds. The lowest BCUT2D eigenvalue weighted by atomic mass is 9.80. The number of benzene rings is 11. The Morgan fingerprint density at radius 3 is 0.661 bits per heavy atom. The molecule has 2 heterocycles. The molecule has 0 radical (unpaired) electrons. The van der Waals surface area contributed by atoms with E-state index in [2.05, 4.69) is 0 Å². The lowest BCUT2D eigenvalue weighted by molar-refractivity contribution is 0.0874. The number of hydrogen-bond donors (Lipinski definition) is 4. The minimum absolute atomic E-state index is 0.0459. The van der Waals surface area contributed by atoms with Crippen molar-refractivity contribution in [1.82, 2.24) is 0 Å².